The molecule has 6 atom stereocenters. The second kappa shape index (κ2) is 71.0. The minimum Gasteiger partial charge on any atom is -0.462 e. The summed E-state index contributed by atoms with van der Waals surface area (Å²) < 4.78 is 68.7. The molecule has 3 N–H and O–H groups in total. The minimum absolute atomic E-state index is 0.105. The molecule has 0 aliphatic carbocycles. The zero-order chi connectivity index (χ0) is 74.6. The summed E-state index contributed by atoms with van der Waals surface area (Å²) in [7, 11) is -9.92. The van der Waals surface area contributed by atoms with E-state index in [-0.39, 0.29) is 25.7 Å². The number of carbonyl (C=O) groups excluding carboxylic acids is 4. The van der Waals surface area contributed by atoms with Crippen LogP contribution < -0.4 is 0 Å². The van der Waals surface area contributed by atoms with Crippen molar-refractivity contribution >= 4 is 39.5 Å². The van der Waals surface area contributed by atoms with Crippen molar-refractivity contribution in [2.24, 2.45) is 23.7 Å². The Morgan fingerprint density at radius 1 is 0.277 bits per heavy atom. The van der Waals surface area contributed by atoms with E-state index in [0.29, 0.717) is 25.7 Å². The fraction of sp³-hybridized carbons (Fsp3) is 0.951. The smallest absolute Gasteiger partial charge is 0.462 e. The van der Waals surface area contributed by atoms with E-state index in [2.05, 4.69) is 55.4 Å². The van der Waals surface area contributed by atoms with E-state index in [4.69, 9.17) is 37.0 Å². The van der Waals surface area contributed by atoms with E-state index in [1.54, 1.807) is 0 Å². The largest absolute Gasteiger partial charge is 0.472 e. The van der Waals surface area contributed by atoms with Gasteiger partial charge in [0.05, 0.1) is 26.4 Å². The number of unbranched alkanes of at least 4 members (excludes halogenated alkanes) is 44. The lowest BCUT2D eigenvalue weighted by Crippen LogP contribution is -2.30. The summed E-state index contributed by atoms with van der Waals surface area (Å²) in [6, 6.07) is 0. The van der Waals surface area contributed by atoms with Crippen LogP contribution in [0.3, 0.4) is 0 Å². The number of ether oxygens (including phenoxy) is 4. The maximum absolute atomic E-state index is 13.1. The number of hydrogen-bond donors (Lipinski definition) is 3. The summed E-state index contributed by atoms with van der Waals surface area (Å²) in [6.45, 7) is 14.3. The van der Waals surface area contributed by atoms with Gasteiger partial charge in [0.25, 0.3) is 0 Å². The first kappa shape index (κ1) is 99.1. The second-order valence-electron chi connectivity index (χ2n) is 31.2. The quantitative estimate of drug-likeness (QED) is 0.0222. The molecular formula is C82H160O17P2. The normalized spacial score (nSPS) is 14.3. The number of carbonyl (C=O) groups is 4. The third-order valence-electron chi connectivity index (χ3n) is 19.4. The first-order chi connectivity index (χ1) is 48.6. The van der Waals surface area contributed by atoms with Gasteiger partial charge in [-0.2, -0.15) is 0 Å². The lowest BCUT2D eigenvalue weighted by atomic mass is 9.99. The van der Waals surface area contributed by atoms with Gasteiger partial charge in [0.1, 0.15) is 19.3 Å². The molecule has 0 aromatic heterocycles. The molecule has 3 unspecified atom stereocenters. The van der Waals surface area contributed by atoms with Gasteiger partial charge < -0.3 is 33.8 Å². The van der Waals surface area contributed by atoms with E-state index >= 15 is 0 Å². The van der Waals surface area contributed by atoms with Gasteiger partial charge >= 0.3 is 39.5 Å². The van der Waals surface area contributed by atoms with Crippen molar-refractivity contribution in [1.82, 2.24) is 0 Å². The first-order valence-corrected chi connectivity index (χ1v) is 45.2. The fourth-order valence-electron chi connectivity index (χ4n) is 12.6. The lowest BCUT2D eigenvalue weighted by molar-refractivity contribution is -0.161. The molecule has 0 aromatic rings. The van der Waals surface area contributed by atoms with Crippen molar-refractivity contribution in [1.29, 1.82) is 0 Å². The van der Waals surface area contributed by atoms with Gasteiger partial charge in [-0.05, 0) is 49.4 Å². The van der Waals surface area contributed by atoms with Gasteiger partial charge in [0.2, 0.25) is 0 Å². The predicted molar refractivity (Wildman–Crippen MR) is 414 cm³/mol. The Bertz CT molecular complexity index is 1970. The lowest BCUT2D eigenvalue weighted by Gasteiger charge is -2.21. The van der Waals surface area contributed by atoms with Crippen molar-refractivity contribution in [2.45, 2.75) is 440 Å². The molecule has 101 heavy (non-hydrogen) atoms. The Morgan fingerprint density at radius 2 is 0.475 bits per heavy atom. The summed E-state index contributed by atoms with van der Waals surface area (Å²) >= 11 is 0. The highest BCUT2D eigenvalue weighted by Crippen LogP contribution is 2.45. The van der Waals surface area contributed by atoms with Crippen molar-refractivity contribution < 1.29 is 80.2 Å². The van der Waals surface area contributed by atoms with E-state index in [1.165, 1.54) is 225 Å². The number of rotatable bonds is 79. The molecule has 0 saturated heterocycles. The van der Waals surface area contributed by atoms with Crippen molar-refractivity contribution in [3.05, 3.63) is 0 Å². The van der Waals surface area contributed by atoms with Crippen LogP contribution in [0.2, 0.25) is 0 Å². The molecule has 0 fully saturated rings. The van der Waals surface area contributed by atoms with E-state index in [0.717, 1.165) is 114 Å². The highest BCUT2D eigenvalue weighted by molar-refractivity contribution is 7.47. The molecule has 0 amide bonds. The van der Waals surface area contributed by atoms with Crippen LogP contribution in [0.1, 0.15) is 421 Å². The summed E-state index contributed by atoms with van der Waals surface area (Å²) in [5.41, 5.74) is 0. The Morgan fingerprint density at radius 3 is 0.703 bits per heavy atom. The predicted octanol–water partition coefficient (Wildman–Crippen LogP) is 24.4. The number of aliphatic hydroxyl groups is 1. The molecule has 0 saturated carbocycles. The van der Waals surface area contributed by atoms with Crippen LogP contribution in [-0.4, -0.2) is 96.7 Å². The number of phosphoric ester groups is 2. The molecule has 0 aliphatic rings. The van der Waals surface area contributed by atoms with Crippen LogP contribution in [0, 0.1) is 23.7 Å². The molecule has 0 bridgehead atoms. The molecule has 600 valence electrons. The summed E-state index contributed by atoms with van der Waals surface area (Å²) in [5.74, 6) is 1.01. The van der Waals surface area contributed by atoms with Gasteiger partial charge in [-0.1, -0.05) is 370 Å². The van der Waals surface area contributed by atoms with Crippen LogP contribution >= 0.6 is 15.6 Å². The highest BCUT2D eigenvalue weighted by atomic mass is 31.2. The summed E-state index contributed by atoms with van der Waals surface area (Å²) in [6.07, 6.45) is 58.3. The summed E-state index contributed by atoms with van der Waals surface area (Å²) in [5, 5.41) is 10.6. The molecule has 0 aromatic carbocycles. The molecule has 0 rings (SSSR count). The maximum Gasteiger partial charge on any atom is 0.472 e. The first-order valence-electron chi connectivity index (χ1n) is 42.2. The molecular weight excluding hydrogens is 1320 g/mol. The summed E-state index contributed by atoms with van der Waals surface area (Å²) in [4.78, 5) is 73.1. The molecule has 19 heteroatoms. The van der Waals surface area contributed by atoms with E-state index < -0.39 is 97.5 Å². The molecule has 0 radical (unpaired) electrons. The zero-order valence-corrected chi connectivity index (χ0v) is 68.3. The van der Waals surface area contributed by atoms with Crippen molar-refractivity contribution in [3.63, 3.8) is 0 Å². The van der Waals surface area contributed by atoms with E-state index in [1.807, 2.05) is 0 Å². The average Bonchev–Trinajstić information content (AvgIpc) is 0.929. The minimum atomic E-state index is -4.96. The third-order valence-corrected chi connectivity index (χ3v) is 21.3. The molecule has 0 heterocycles. The topological polar surface area (TPSA) is 237 Å². The van der Waals surface area contributed by atoms with Gasteiger partial charge in [0, 0.05) is 25.7 Å². The Labute approximate surface area is 619 Å². The SMILES string of the molecule is CCC(C)CCCCCCCCCCC(=O)OC[C@H](COP(=O)(O)OC[C@H](O)COP(=O)(O)OC[C@@H](COC(=O)CCCCCCCCCCCCCCCC(C)C)OC(=O)CCCCCCCCCCCCCCCCCCCCC(C)C)OC(=O)CCCCCCCCCCCC(C)C. The molecule has 0 spiro atoms. The standard InChI is InChI=1S/C82H160O17P2/c1-9-75(8)61-53-45-37-32-33-39-47-55-63-80(85)93-69-78(99-82(87)65-57-49-41-31-25-28-36-44-52-60-74(6)7)71-97-101(90,91)95-67-76(83)66-94-100(88,89)96-70-77(68-92-79(84)62-54-46-38-29-23-20-16-18-22-27-35-43-51-59-73(4)5)98-81(86)64-56-48-40-30-24-19-15-13-11-10-12-14-17-21-26-34-42-50-58-72(2)3/h72-78,83H,9-71H2,1-8H3,(H,88,89)(H,90,91)/t75?,76-,77-,78-/m1/s1. The Kier molecular flexibility index (Phi) is 69.6. The monoisotopic (exact) mass is 1480 g/mol. The van der Waals surface area contributed by atoms with Crippen LogP contribution in [0.25, 0.3) is 0 Å². The fourth-order valence-corrected chi connectivity index (χ4v) is 14.2. The number of hydrogen-bond acceptors (Lipinski definition) is 15. The molecule has 17 nitrogen and oxygen atoms in total. The Hall–Kier alpha value is -1.94. The van der Waals surface area contributed by atoms with Crippen molar-refractivity contribution in [3.8, 4) is 0 Å². The van der Waals surface area contributed by atoms with Gasteiger partial charge in [-0.15, -0.1) is 0 Å². The molecule has 0 aliphatic heterocycles. The third kappa shape index (κ3) is 74.7. The number of phosphoric acid groups is 2. The van der Waals surface area contributed by atoms with Gasteiger partial charge in [-0.3, -0.25) is 37.3 Å². The second-order valence-corrected chi connectivity index (χ2v) is 34.1. The van der Waals surface area contributed by atoms with E-state index in [9.17, 15) is 43.2 Å². The average molecular weight is 1480 g/mol. The number of esters is 4. The van der Waals surface area contributed by atoms with Gasteiger partial charge in [-0.25, -0.2) is 9.13 Å². The number of aliphatic hydroxyl groups excluding tert-OH is 1. The van der Waals surface area contributed by atoms with Crippen molar-refractivity contribution in [2.75, 3.05) is 39.6 Å². The zero-order valence-electron chi connectivity index (χ0n) is 66.5. The van der Waals surface area contributed by atoms with Crippen LogP contribution in [-0.2, 0) is 65.4 Å². The highest BCUT2D eigenvalue weighted by Gasteiger charge is 2.30. The maximum atomic E-state index is 13.1. The van der Waals surface area contributed by atoms with Gasteiger partial charge in [0.15, 0.2) is 12.2 Å². The van der Waals surface area contributed by atoms with Crippen LogP contribution in [0.15, 0.2) is 0 Å². The van der Waals surface area contributed by atoms with Crippen LogP contribution in [0.4, 0.5) is 0 Å². The Balaban J connectivity index is 5.24. The van der Waals surface area contributed by atoms with Crippen LogP contribution in [0.5, 0.6) is 0 Å².